The number of hydrogen-bond donors (Lipinski definition) is 1. The van der Waals surface area contributed by atoms with E-state index in [1.165, 1.54) is 0 Å². The van der Waals surface area contributed by atoms with E-state index in [0.717, 1.165) is 12.1 Å². The van der Waals surface area contributed by atoms with Crippen LogP contribution in [0.2, 0.25) is 5.02 Å². The monoisotopic (exact) mass is 286 g/mol. The van der Waals surface area contributed by atoms with Crippen molar-refractivity contribution in [2.45, 2.75) is 37.4 Å². The summed E-state index contributed by atoms with van der Waals surface area (Å²) < 4.78 is 11.1. The zero-order valence-corrected chi connectivity index (χ0v) is 12.3. The number of pyridine rings is 1. The molecule has 2 N–H and O–H groups in total. The first-order chi connectivity index (χ1) is 8.36. The summed E-state index contributed by atoms with van der Waals surface area (Å²) in [7, 11) is -1.37. The van der Waals surface area contributed by atoms with E-state index in [-0.39, 0.29) is 5.92 Å². The molecule has 1 aromatic rings. The molecule has 0 fully saturated rings. The van der Waals surface area contributed by atoms with E-state index in [4.69, 9.17) is 16.7 Å². The van der Waals surface area contributed by atoms with Crippen molar-refractivity contribution in [3.8, 4) is 0 Å². The lowest BCUT2D eigenvalue weighted by molar-refractivity contribution is 0.512. The van der Waals surface area contributed by atoms with Gasteiger partial charge in [0, 0.05) is 22.8 Å². The second kappa shape index (κ2) is 6.45. The molecule has 0 amide bonds. The highest BCUT2D eigenvalue weighted by atomic mass is 35.5. The summed E-state index contributed by atoms with van der Waals surface area (Å²) >= 11 is 5.97. The summed E-state index contributed by atoms with van der Waals surface area (Å²) in [4.78, 5) is 4.33. The van der Waals surface area contributed by atoms with Crippen LogP contribution in [0.25, 0.3) is 0 Å². The van der Waals surface area contributed by atoms with Gasteiger partial charge in [-0.15, -0.1) is 6.58 Å². The Morgan fingerprint density at radius 1 is 1.67 bits per heavy atom. The van der Waals surface area contributed by atoms with Crippen LogP contribution in [-0.2, 0) is 11.0 Å². The summed E-state index contributed by atoms with van der Waals surface area (Å²) in [5.41, 5.74) is 0.890. The van der Waals surface area contributed by atoms with Gasteiger partial charge >= 0.3 is 0 Å². The molecular weight excluding hydrogens is 268 g/mol. The normalized spacial score (nSPS) is 15.1. The van der Waals surface area contributed by atoms with Crippen molar-refractivity contribution >= 4 is 22.6 Å². The van der Waals surface area contributed by atoms with Crippen molar-refractivity contribution in [2.75, 3.05) is 0 Å². The standard InChI is InChI=1S/C13H19ClN2OS/c1-4-5-10(9-13(2,3)18(15)17)12-8-11(14)6-7-16-12/h4,6-8,10H,1,5,9,15H2,2-3H3/t10-,18?/m0/s1. The van der Waals surface area contributed by atoms with Crippen LogP contribution in [0.4, 0.5) is 0 Å². The molecule has 0 aromatic carbocycles. The number of aromatic nitrogens is 1. The van der Waals surface area contributed by atoms with Gasteiger partial charge < -0.3 is 0 Å². The quantitative estimate of drug-likeness (QED) is 0.817. The second-order valence-corrected chi connectivity index (χ2v) is 7.02. The first kappa shape index (κ1) is 15.3. The summed E-state index contributed by atoms with van der Waals surface area (Å²) in [5, 5.41) is 6.18. The molecule has 3 nitrogen and oxygen atoms in total. The molecule has 5 heteroatoms. The van der Waals surface area contributed by atoms with Crippen LogP contribution in [0.5, 0.6) is 0 Å². The molecule has 18 heavy (non-hydrogen) atoms. The highest BCUT2D eigenvalue weighted by molar-refractivity contribution is 7.84. The number of rotatable bonds is 6. The van der Waals surface area contributed by atoms with Gasteiger partial charge in [0.1, 0.15) is 0 Å². The maximum absolute atomic E-state index is 11.5. The maximum atomic E-state index is 11.5. The Bertz CT molecular complexity index is 448. The zero-order chi connectivity index (χ0) is 13.8. The molecule has 100 valence electrons. The van der Waals surface area contributed by atoms with E-state index in [0.29, 0.717) is 11.4 Å². The van der Waals surface area contributed by atoms with Crippen LogP contribution in [0.1, 0.15) is 38.3 Å². The molecule has 1 aromatic heterocycles. The predicted molar refractivity (Wildman–Crippen MR) is 77.8 cm³/mol. The van der Waals surface area contributed by atoms with Gasteiger partial charge in [-0.3, -0.25) is 10.1 Å². The molecule has 0 aliphatic carbocycles. The molecule has 1 heterocycles. The lowest BCUT2D eigenvalue weighted by Gasteiger charge is -2.26. The molecule has 0 aliphatic rings. The molecule has 1 unspecified atom stereocenters. The number of nitrogens with two attached hydrogens (primary N) is 1. The fourth-order valence-corrected chi connectivity index (χ4v) is 2.36. The molecule has 0 aliphatic heterocycles. The third-order valence-electron chi connectivity index (χ3n) is 2.90. The van der Waals surface area contributed by atoms with Crippen molar-refractivity contribution in [1.82, 2.24) is 4.98 Å². The smallest absolute Gasteiger partial charge is 0.0945 e. The molecule has 1 rings (SSSR count). The Balaban J connectivity index is 2.96. The topological polar surface area (TPSA) is 56.0 Å². The summed E-state index contributed by atoms with van der Waals surface area (Å²) in [6.45, 7) is 7.54. The van der Waals surface area contributed by atoms with E-state index in [9.17, 15) is 4.21 Å². The Morgan fingerprint density at radius 3 is 2.83 bits per heavy atom. The van der Waals surface area contributed by atoms with Gasteiger partial charge in [0.05, 0.1) is 15.7 Å². The van der Waals surface area contributed by atoms with Crippen molar-refractivity contribution in [1.29, 1.82) is 0 Å². The Morgan fingerprint density at radius 2 is 2.33 bits per heavy atom. The van der Waals surface area contributed by atoms with Crippen molar-refractivity contribution < 1.29 is 4.21 Å². The first-order valence-corrected chi connectivity index (χ1v) is 7.34. The highest BCUT2D eigenvalue weighted by Gasteiger charge is 2.28. The summed E-state index contributed by atoms with van der Waals surface area (Å²) in [5.74, 6) is 0.128. The van der Waals surface area contributed by atoms with Gasteiger partial charge in [-0.1, -0.05) is 17.7 Å². The Labute approximate surface area is 116 Å². The van der Waals surface area contributed by atoms with Crippen LogP contribution in [-0.4, -0.2) is 13.9 Å². The number of nitrogens with zero attached hydrogens (tertiary/aromatic N) is 1. The zero-order valence-electron chi connectivity index (χ0n) is 10.7. The van der Waals surface area contributed by atoms with Crippen molar-refractivity contribution in [3.63, 3.8) is 0 Å². The largest absolute Gasteiger partial charge is 0.261 e. The van der Waals surface area contributed by atoms with Gasteiger partial charge in [0.25, 0.3) is 0 Å². The highest BCUT2D eigenvalue weighted by Crippen LogP contribution is 2.31. The number of allylic oxidation sites excluding steroid dienone is 1. The van der Waals surface area contributed by atoms with E-state index in [1.54, 1.807) is 12.3 Å². The first-order valence-electron chi connectivity index (χ1n) is 5.75. The fraction of sp³-hybridized carbons (Fsp3) is 0.462. The molecule has 0 spiro atoms. The lowest BCUT2D eigenvalue weighted by Crippen LogP contribution is -2.33. The molecular formula is C13H19ClN2OS. The van der Waals surface area contributed by atoms with Crippen LogP contribution >= 0.6 is 11.6 Å². The van der Waals surface area contributed by atoms with Crippen molar-refractivity contribution in [2.24, 2.45) is 5.14 Å². The van der Waals surface area contributed by atoms with Gasteiger partial charge in [-0.2, -0.15) is 0 Å². The van der Waals surface area contributed by atoms with E-state index >= 15 is 0 Å². The van der Waals surface area contributed by atoms with E-state index in [1.807, 2.05) is 26.0 Å². The van der Waals surface area contributed by atoms with Gasteiger partial charge in [0.15, 0.2) is 0 Å². The molecule has 0 saturated carbocycles. The predicted octanol–water partition coefficient (Wildman–Crippen LogP) is 3.19. The van der Waals surface area contributed by atoms with Gasteiger partial charge in [-0.25, -0.2) is 4.21 Å². The van der Waals surface area contributed by atoms with Crippen LogP contribution in [0.3, 0.4) is 0 Å². The number of halogens is 1. The maximum Gasteiger partial charge on any atom is 0.0945 e. The van der Waals surface area contributed by atoms with Crippen LogP contribution in [0, 0.1) is 0 Å². The van der Waals surface area contributed by atoms with Crippen molar-refractivity contribution in [3.05, 3.63) is 41.7 Å². The minimum absolute atomic E-state index is 0.128. The average Bonchev–Trinajstić information content (AvgIpc) is 2.28. The third-order valence-corrected chi connectivity index (χ3v) is 4.39. The third kappa shape index (κ3) is 4.19. The molecule has 2 atom stereocenters. The second-order valence-electron chi connectivity index (χ2n) is 4.88. The minimum atomic E-state index is -1.37. The Kier molecular flexibility index (Phi) is 5.50. The minimum Gasteiger partial charge on any atom is -0.261 e. The average molecular weight is 287 g/mol. The van der Waals surface area contributed by atoms with E-state index < -0.39 is 15.7 Å². The lowest BCUT2D eigenvalue weighted by atomic mass is 9.90. The molecule has 0 radical (unpaired) electrons. The SMILES string of the molecule is C=CC[C@@H](CC(C)(C)S(N)=O)c1cc(Cl)ccn1. The van der Waals surface area contributed by atoms with Gasteiger partial charge in [0.2, 0.25) is 0 Å². The van der Waals surface area contributed by atoms with Crippen LogP contribution < -0.4 is 5.14 Å². The van der Waals surface area contributed by atoms with Gasteiger partial charge in [-0.05, 0) is 38.8 Å². The Hall–Kier alpha value is -0.710. The van der Waals surface area contributed by atoms with Crippen LogP contribution in [0.15, 0.2) is 31.0 Å². The fourth-order valence-electron chi connectivity index (χ4n) is 1.83. The summed E-state index contributed by atoms with van der Waals surface area (Å²) in [6, 6.07) is 3.58. The molecule has 0 saturated heterocycles. The number of hydrogen-bond acceptors (Lipinski definition) is 2. The van der Waals surface area contributed by atoms with E-state index in [2.05, 4.69) is 11.6 Å². The molecule has 0 bridgehead atoms. The summed E-state index contributed by atoms with van der Waals surface area (Å²) in [6.07, 6.45) is 4.95.